The van der Waals surface area contributed by atoms with Gasteiger partial charge in [0.25, 0.3) is 0 Å². The highest BCUT2D eigenvalue weighted by molar-refractivity contribution is 9.10. The van der Waals surface area contributed by atoms with E-state index in [1.807, 2.05) is 12.1 Å². The molecule has 2 saturated carbocycles. The summed E-state index contributed by atoms with van der Waals surface area (Å²) in [6, 6.07) is 7.25. The summed E-state index contributed by atoms with van der Waals surface area (Å²) in [4.78, 5) is 22.6. The van der Waals surface area contributed by atoms with Gasteiger partial charge in [0.2, 0.25) is 5.67 Å². The second-order valence-electron chi connectivity index (χ2n) is 6.06. The molecule has 0 bridgehead atoms. The molecule has 0 spiro atoms. The minimum absolute atomic E-state index is 0.0235. The van der Waals surface area contributed by atoms with Crippen LogP contribution in [0.25, 0.3) is 0 Å². The summed E-state index contributed by atoms with van der Waals surface area (Å²) in [5.74, 6) is -5.29. The molecule has 2 aliphatic carbocycles. The Morgan fingerprint density at radius 3 is 2.65 bits per heavy atom. The van der Waals surface area contributed by atoms with Gasteiger partial charge in [0.05, 0.1) is 12.7 Å². The molecule has 6 nitrogen and oxygen atoms in total. The van der Waals surface area contributed by atoms with E-state index < -0.39 is 41.1 Å². The van der Waals surface area contributed by atoms with Gasteiger partial charge in [0.15, 0.2) is 0 Å². The number of halogens is 2. The standard InChI is InChI=1S/C15H15BrFNO5/c16-8-3-1-2-7(4-8)6-23-10-5-9-11(14(9,17)12(19)20)15(10,18)13(21)22/h1-4,9-11H,5-6,18H2,(H,19,20)(H,21,22)/t9-,10-,11+,14-,15+/m1/s1. The fourth-order valence-corrected chi connectivity index (χ4v) is 4.08. The third-order valence-corrected chi connectivity index (χ3v) is 5.33. The highest BCUT2D eigenvalue weighted by Gasteiger charge is 2.85. The van der Waals surface area contributed by atoms with Crippen LogP contribution in [0.1, 0.15) is 12.0 Å². The third kappa shape index (κ3) is 2.28. The number of hydrogen-bond donors (Lipinski definition) is 3. The summed E-state index contributed by atoms with van der Waals surface area (Å²) in [6.45, 7) is 0.113. The average Bonchev–Trinajstić information content (AvgIpc) is 2.95. The molecule has 0 aliphatic heterocycles. The van der Waals surface area contributed by atoms with E-state index in [0.717, 1.165) is 10.0 Å². The zero-order valence-corrected chi connectivity index (χ0v) is 13.5. The minimum Gasteiger partial charge on any atom is -0.480 e. The quantitative estimate of drug-likeness (QED) is 0.706. The van der Waals surface area contributed by atoms with E-state index in [-0.39, 0.29) is 13.0 Å². The molecule has 0 unspecified atom stereocenters. The maximum atomic E-state index is 14.4. The van der Waals surface area contributed by atoms with Crippen molar-refractivity contribution in [2.24, 2.45) is 17.6 Å². The zero-order valence-electron chi connectivity index (χ0n) is 11.9. The normalized spacial score (nSPS) is 38.1. The Labute approximate surface area is 139 Å². The van der Waals surface area contributed by atoms with Crippen molar-refractivity contribution < 1.29 is 28.9 Å². The average molecular weight is 388 g/mol. The summed E-state index contributed by atoms with van der Waals surface area (Å²) in [7, 11) is 0. The van der Waals surface area contributed by atoms with Crippen molar-refractivity contribution in [1.82, 2.24) is 0 Å². The molecule has 5 atom stereocenters. The summed E-state index contributed by atoms with van der Waals surface area (Å²) in [5.41, 5.74) is 2.10. The molecule has 2 fully saturated rings. The van der Waals surface area contributed by atoms with Crippen molar-refractivity contribution in [3.63, 3.8) is 0 Å². The number of aliphatic carboxylic acids is 2. The van der Waals surface area contributed by atoms with Crippen LogP contribution < -0.4 is 5.73 Å². The smallest absolute Gasteiger partial charge is 0.342 e. The van der Waals surface area contributed by atoms with E-state index in [4.69, 9.17) is 15.6 Å². The Hall–Kier alpha value is -1.51. The predicted molar refractivity (Wildman–Crippen MR) is 80.3 cm³/mol. The van der Waals surface area contributed by atoms with Gasteiger partial charge in [-0.15, -0.1) is 0 Å². The molecule has 1 aromatic rings. The van der Waals surface area contributed by atoms with Gasteiger partial charge in [0.1, 0.15) is 5.54 Å². The van der Waals surface area contributed by atoms with Crippen LogP contribution in [0.4, 0.5) is 4.39 Å². The van der Waals surface area contributed by atoms with E-state index >= 15 is 0 Å². The van der Waals surface area contributed by atoms with Crippen LogP contribution in [-0.2, 0) is 20.9 Å². The van der Waals surface area contributed by atoms with Crippen molar-refractivity contribution in [3.05, 3.63) is 34.3 Å². The Balaban J connectivity index is 1.77. The molecule has 3 rings (SSSR count). The summed E-state index contributed by atoms with van der Waals surface area (Å²) in [5, 5.41) is 18.4. The van der Waals surface area contributed by atoms with Gasteiger partial charge < -0.3 is 20.7 Å². The number of hydrogen-bond acceptors (Lipinski definition) is 4. The molecule has 0 amide bonds. The van der Waals surface area contributed by atoms with Crippen LogP contribution in [-0.4, -0.2) is 39.5 Å². The fraction of sp³-hybridized carbons (Fsp3) is 0.467. The number of carboxylic acids is 2. The van der Waals surface area contributed by atoms with E-state index in [1.165, 1.54) is 0 Å². The van der Waals surface area contributed by atoms with Crippen molar-refractivity contribution in [3.8, 4) is 0 Å². The van der Waals surface area contributed by atoms with Gasteiger partial charge >= 0.3 is 11.9 Å². The Morgan fingerprint density at radius 2 is 2.09 bits per heavy atom. The van der Waals surface area contributed by atoms with Crippen molar-refractivity contribution >= 4 is 27.9 Å². The lowest BCUT2D eigenvalue weighted by molar-refractivity contribution is -0.156. The molecule has 1 aromatic carbocycles. The van der Waals surface area contributed by atoms with Crippen LogP contribution in [0, 0.1) is 11.8 Å². The van der Waals surface area contributed by atoms with Crippen LogP contribution in [0.2, 0.25) is 0 Å². The lowest BCUT2D eigenvalue weighted by Gasteiger charge is -2.31. The Kier molecular flexibility index (Phi) is 3.74. The Bertz CT molecular complexity index is 686. The molecule has 4 N–H and O–H groups in total. The maximum absolute atomic E-state index is 14.4. The van der Waals surface area contributed by atoms with E-state index in [1.54, 1.807) is 12.1 Å². The summed E-state index contributed by atoms with van der Waals surface area (Å²) >= 11 is 3.32. The van der Waals surface area contributed by atoms with Gasteiger partial charge in [-0.1, -0.05) is 28.1 Å². The Morgan fingerprint density at radius 1 is 1.39 bits per heavy atom. The molecule has 0 aromatic heterocycles. The van der Waals surface area contributed by atoms with Crippen LogP contribution >= 0.6 is 15.9 Å². The van der Waals surface area contributed by atoms with Crippen molar-refractivity contribution in [2.45, 2.75) is 30.3 Å². The van der Waals surface area contributed by atoms with Crippen LogP contribution in [0.5, 0.6) is 0 Å². The third-order valence-electron chi connectivity index (χ3n) is 4.84. The molecule has 0 radical (unpaired) electrons. The summed E-state index contributed by atoms with van der Waals surface area (Å²) in [6.07, 6.45) is -0.957. The summed E-state index contributed by atoms with van der Waals surface area (Å²) < 4.78 is 20.8. The first-order valence-electron chi connectivity index (χ1n) is 7.03. The van der Waals surface area contributed by atoms with Gasteiger partial charge in [-0.25, -0.2) is 9.18 Å². The fourth-order valence-electron chi connectivity index (χ4n) is 3.63. The number of benzene rings is 1. The topological polar surface area (TPSA) is 110 Å². The molecule has 0 heterocycles. The van der Waals surface area contributed by atoms with Gasteiger partial charge in [-0.05, 0) is 24.1 Å². The first-order chi connectivity index (χ1) is 10.7. The number of nitrogens with two attached hydrogens (primary N) is 1. The number of carbonyl (C=O) groups is 2. The second-order valence-corrected chi connectivity index (χ2v) is 6.98. The highest BCUT2D eigenvalue weighted by atomic mass is 79.9. The van der Waals surface area contributed by atoms with Gasteiger partial charge in [0, 0.05) is 16.3 Å². The van der Waals surface area contributed by atoms with Crippen molar-refractivity contribution in [1.29, 1.82) is 0 Å². The van der Waals surface area contributed by atoms with Crippen LogP contribution in [0.15, 0.2) is 28.7 Å². The second kappa shape index (κ2) is 5.25. The minimum atomic E-state index is -2.57. The number of carboxylic acid groups (broad SMARTS) is 2. The lowest BCUT2D eigenvalue weighted by atomic mass is 9.88. The van der Waals surface area contributed by atoms with Gasteiger partial charge in [-0.2, -0.15) is 0 Å². The predicted octanol–water partition coefficient (Wildman–Crippen LogP) is 1.56. The molecular weight excluding hydrogens is 373 g/mol. The molecule has 124 valence electrons. The molecule has 2 aliphatic rings. The molecular formula is C15H15BrFNO5. The zero-order chi connectivity index (χ0) is 17.0. The molecule has 8 heteroatoms. The number of alkyl halides is 1. The SMILES string of the molecule is N[C@]1(C(=O)O)[C@H]2[C@@H](C[C@H]1OCc1cccc(Br)c1)[C@]2(F)C(=O)O. The van der Waals surface area contributed by atoms with Crippen molar-refractivity contribution in [2.75, 3.05) is 0 Å². The van der Waals surface area contributed by atoms with Gasteiger partial charge in [-0.3, -0.25) is 4.79 Å². The molecule has 23 heavy (non-hydrogen) atoms. The maximum Gasteiger partial charge on any atom is 0.342 e. The highest BCUT2D eigenvalue weighted by Crippen LogP contribution is 2.67. The van der Waals surface area contributed by atoms with Crippen LogP contribution in [0.3, 0.4) is 0 Å². The number of rotatable bonds is 5. The first-order valence-corrected chi connectivity index (χ1v) is 7.82. The van der Waals surface area contributed by atoms with E-state index in [0.29, 0.717) is 0 Å². The number of fused-ring (bicyclic) bond motifs is 1. The van der Waals surface area contributed by atoms with E-state index in [9.17, 15) is 19.1 Å². The monoisotopic (exact) mass is 387 g/mol. The number of ether oxygens (including phenoxy) is 1. The molecule has 0 saturated heterocycles. The largest absolute Gasteiger partial charge is 0.480 e. The first kappa shape index (κ1) is 16.4. The lowest BCUT2D eigenvalue weighted by Crippen LogP contribution is -2.60. The van der Waals surface area contributed by atoms with E-state index in [2.05, 4.69) is 15.9 Å².